The Balaban J connectivity index is 0. The van der Waals surface area contributed by atoms with Crippen molar-refractivity contribution in [1.29, 1.82) is 0 Å². The molecule has 0 spiro atoms. The Morgan fingerprint density at radius 2 is 1.35 bits per heavy atom. The normalized spacial score (nSPS) is 10.0. The molecule has 0 aliphatic heterocycles. The second-order valence-corrected chi connectivity index (χ2v) is 6.21. The molecule has 0 atom stereocenters. The van der Waals surface area contributed by atoms with Crippen molar-refractivity contribution < 1.29 is 22.4 Å². The highest BCUT2D eigenvalue weighted by Gasteiger charge is 2.45. The highest BCUT2D eigenvalue weighted by molar-refractivity contribution is 7.80. The zero-order chi connectivity index (χ0) is 13.9. The highest BCUT2D eigenvalue weighted by Crippen LogP contribution is 2.08. The summed E-state index contributed by atoms with van der Waals surface area (Å²) in [5.74, 6) is 0. The lowest BCUT2D eigenvalue weighted by Gasteiger charge is -2.22. The Bertz CT molecular complexity index is 225. The molecular weight excluding hydrogens is 280 g/mol. The lowest BCUT2D eigenvalue weighted by atomic mass is 10.8. The van der Waals surface area contributed by atoms with E-state index in [0.717, 1.165) is 0 Å². The summed E-state index contributed by atoms with van der Waals surface area (Å²) in [6.07, 6.45) is 0. The number of thiocarbonyl (C=S) groups is 2. The molecule has 0 aliphatic carbocycles. The smallest absolute Gasteiger partial charge is 0.488 e. The van der Waals surface area contributed by atoms with E-state index in [-0.39, 0.29) is 0 Å². The molecule has 0 N–H and O–H groups in total. The van der Waals surface area contributed by atoms with Crippen molar-refractivity contribution in [2.24, 2.45) is 0 Å². The van der Waals surface area contributed by atoms with Crippen LogP contribution in [-0.4, -0.2) is 47.1 Å². The molecule has 0 aliphatic rings. The second-order valence-electron chi connectivity index (χ2n) is 2.63. The van der Waals surface area contributed by atoms with Crippen LogP contribution in [0, 0.1) is 0 Å². The fraction of sp³-hybridized carbons (Fsp3) is 0.778. The zero-order valence-corrected chi connectivity index (χ0v) is 13.7. The minimum absolute atomic E-state index is 0.349. The van der Waals surface area contributed by atoms with Crippen molar-refractivity contribution in [3.05, 3.63) is 0 Å². The molecular formula is C9H20O5S2Si. The van der Waals surface area contributed by atoms with E-state index < -0.39 is 9.05 Å². The largest absolute Gasteiger partial charge is 0.749 e. The standard InChI is InChI=1S/C5H12O4SSi.C4H8OS/c1-5(10)9-11(6-2,7-3)8-4;1-3-5-4(2)6/h1-4H3;3H2,1-2H3. The Morgan fingerprint density at radius 1 is 0.941 bits per heavy atom. The van der Waals surface area contributed by atoms with Gasteiger partial charge in [0.05, 0.1) is 6.61 Å². The van der Waals surface area contributed by atoms with Crippen LogP contribution in [0.2, 0.25) is 0 Å². The lowest BCUT2D eigenvalue weighted by molar-refractivity contribution is 0.0477. The molecule has 0 radical (unpaired) electrons. The maximum absolute atomic E-state index is 5.09. The van der Waals surface area contributed by atoms with E-state index in [1.807, 2.05) is 6.92 Å². The predicted octanol–water partition coefficient (Wildman–Crippen LogP) is 2.10. The maximum Gasteiger partial charge on any atom is 0.749 e. The molecule has 0 aromatic rings. The highest BCUT2D eigenvalue weighted by atomic mass is 32.1. The number of hydrogen-bond donors (Lipinski definition) is 0. The van der Waals surface area contributed by atoms with Crippen molar-refractivity contribution in [1.82, 2.24) is 0 Å². The first-order valence-electron chi connectivity index (χ1n) is 4.85. The average molecular weight is 300 g/mol. The molecule has 5 nitrogen and oxygen atoms in total. The fourth-order valence-corrected chi connectivity index (χ4v) is 2.28. The molecule has 102 valence electrons. The molecule has 0 rings (SSSR count). The average Bonchev–Trinajstić information content (AvgIpc) is 2.26. The number of rotatable bonds is 5. The van der Waals surface area contributed by atoms with Crippen molar-refractivity contribution in [3.63, 3.8) is 0 Å². The van der Waals surface area contributed by atoms with Crippen LogP contribution >= 0.6 is 24.4 Å². The van der Waals surface area contributed by atoms with E-state index in [2.05, 4.69) is 12.2 Å². The Kier molecular flexibility index (Phi) is 12.4. The zero-order valence-electron chi connectivity index (χ0n) is 11.1. The SMILES string of the molecule is CCOC(C)=S.CO[Si](OC)(OC)OC(C)=S. The quantitative estimate of drug-likeness (QED) is 0.569. The van der Waals surface area contributed by atoms with Gasteiger partial charge in [0.25, 0.3) is 0 Å². The molecule has 0 saturated heterocycles. The summed E-state index contributed by atoms with van der Waals surface area (Å²) in [5.41, 5.74) is 0. The summed E-state index contributed by atoms with van der Waals surface area (Å²) >= 11 is 9.29. The van der Waals surface area contributed by atoms with Crippen molar-refractivity contribution >= 4 is 43.6 Å². The van der Waals surface area contributed by atoms with Gasteiger partial charge in [-0.25, -0.2) is 0 Å². The van der Waals surface area contributed by atoms with E-state index in [1.165, 1.54) is 21.3 Å². The monoisotopic (exact) mass is 300 g/mol. The van der Waals surface area contributed by atoms with Crippen molar-refractivity contribution in [2.75, 3.05) is 27.9 Å². The topological polar surface area (TPSA) is 46.2 Å². The van der Waals surface area contributed by atoms with Gasteiger partial charge in [0.2, 0.25) is 0 Å². The maximum atomic E-state index is 5.09. The van der Waals surface area contributed by atoms with E-state index in [9.17, 15) is 0 Å². The molecule has 0 aromatic carbocycles. The Labute approximate surface area is 115 Å². The van der Waals surface area contributed by atoms with E-state index in [4.69, 9.17) is 34.7 Å². The summed E-state index contributed by atoms with van der Waals surface area (Å²) < 4.78 is 24.7. The van der Waals surface area contributed by atoms with E-state index in [1.54, 1.807) is 13.8 Å². The van der Waals surface area contributed by atoms with Gasteiger partial charge < -0.3 is 22.4 Å². The van der Waals surface area contributed by atoms with Crippen LogP contribution in [0.1, 0.15) is 20.8 Å². The van der Waals surface area contributed by atoms with Crippen molar-refractivity contribution in [3.8, 4) is 0 Å². The van der Waals surface area contributed by atoms with Crippen molar-refractivity contribution in [2.45, 2.75) is 20.8 Å². The summed E-state index contributed by atoms with van der Waals surface area (Å²) in [5, 5.41) is 0.972. The molecule has 0 fully saturated rings. The van der Waals surface area contributed by atoms with Gasteiger partial charge in [0, 0.05) is 35.2 Å². The third-order valence-corrected chi connectivity index (χ3v) is 3.77. The number of ether oxygens (including phenoxy) is 1. The van der Waals surface area contributed by atoms with Gasteiger partial charge in [-0.1, -0.05) is 0 Å². The molecule has 0 bridgehead atoms. The molecule has 0 saturated carbocycles. The molecule has 0 unspecified atom stereocenters. The summed E-state index contributed by atoms with van der Waals surface area (Å²) in [7, 11) is 1.45. The van der Waals surface area contributed by atoms with Crippen LogP contribution in [0.3, 0.4) is 0 Å². The first-order chi connectivity index (χ1) is 7.87. The van der Waals surface area contributed by atoms with Crippen LogP contribution in [0.15, 0.2) is 0 Å². The third kappa shape index (κ3) is 10.7. The molecule has 0 amide bonds. The summed E-state index contributed by atoms with van der Waals surface area (Å²) in [6.45, 7) is 6.00. The van der Waals surface area contributed by atoms with Crippen LogP contribution in [-0.2, 0) is 22.4 Å². The first kappa shape index (κ1) is 19.2. The lowest BCUT2D eigenvalue weighted by Crippen LogP contribution is -2.47. The Morgan fingerprint density at radius 3 is 1.41 bits per heavy atom. The van der Waals surface area contributed by atoms with Gasteiger partial charge in [-0.15, -0.1) is 0 Å². The van der Waals surface area contributed by atoms with Gasteiger partial charge in [-0.3, -0.25) is 0 Å². The first-order valence-corrected chi connectivity index (χ1v) is 7.30. The van der Waals surface area contributed by atoms with Gasteiger partial charge in [-0.2, -0.15) is 0 Å². The van der Waals surface area contributed by atoms with Crippen LogP contribution in [0.4, 0.5) is 0 Å². The Hall–Kier alpha value is -0.123. The van der Waals surface area contributed by atoms with Gasteiger partial charge in [0.15, 0.2) is 5.05 Å². The van der Waals surface area contributed by atoms with Crippen LogP contribution in [0.5, 0.6) is 0 Å². The molecule has 0 heterocycles. The number of hydrogen-bond acceptors (Lipinski definition) is 7. The molecule has 8 heteroatoms. The van der Waals surface area contributed by atoms with Gasteiger partial charge >= 0.3 is 9.05 Å². The second kappa shape index (κ2) is 11.0. The van der Waals surface area contributed by atoms with E-state index in [0.29, 0.717) is 16.7 Å². The minimum Gasteiger partial charge on any atom is -0.488 e. The predicted molar refractivity (Wildman–Crippen MR) is 76.0 cm³/mol. The van der Waals surface area contributed by atoms with Gasteiger partial charge in [0.1, 0.15) is 5.05 Å². The summed E-state index contributed by atoms with van der Waals surface area (Å²) in [6, 6.07) is 0. The van der Waals surface area contributed by atoms with Crippen LogP contribution < -0.4 is 0 Å². The van der Waals surface area contributed by atoms with Gasteiger partial charge in [-0.05, 0) is 31.4 Å². The minimum atomic E-state index is -2.92. The van der Waals surface area contributed by atoms with Crippen LogP contribution in [0.25, 0.3) is 0 Å². The molecule has 17 heavy (non-hydrogen) atoms. The molecule has 0 aromatic heterocycles. The third-order valence-electron chi connectivity index (χ3n) is 1.37. The van der Waals surface area contributed by atoms with E-state index >= 15 is 0 Å². The fourth-order valence-electron chi connectivity index (χ4n) is 0.754. The summed E-state index contributed by atoms with van der Waals surface area (Å²) in [4.78, 5) is 0.